The van der Waals surface area contributed by atoms with Gasteiger partial charge in [0.1, 0.15) is 24.0 Å². The van der Waals surface area contributed by atoms with Crippen LogP contribution in [0, 0.1) is 18.3 Å². The molecule has 0 saturated heterocycles. The Kier molecular flexibility index (Phi) is 6.99. The SMILES string of the molecule is CC[C@@H](C)NC(=O)/C(C#N)=C/c1ccc(OCc2cccc(C)c2)cc1. The summed E-state index contributed by atoms with van der Waals surface area (Å²) in [6, 6.07) is 17.5. The monoisotopic (exact) mass is 348 g/mol. The number of nitriles is 1. The maximum Gasteiger partial charge on any atom is 0.262 e. The number of carbonyl (C=O) groups is 1. The Morgan fingerprint density at radius 2 is 2.00 bits per heavy atom. The third-order valence-corrected chi connectivity index (χ3v) is 4.03. The van der Waals surface area contributed by atoms with Crippen molar-refractivity contribution in [3.05, 3.63) is 70.8 Å². The molecule has 2 aromatic rings. The standard InChI is InChI=1S/C22H24N2O2/c1-4-17(3)24-22(25)20(14-23)13-18-8-10-21(11-9-18)26-15-19-7-5-6-16(2)12-19/h5-13,17H,4,15H2,1-3H3,(H,24,25)/b20-13+/t17-/m1/s1. The van der Waals surface area contributed by atoms with Crippen LogP contribution in [-0.4, -0.2) is 11.9 Å². The Bertz CT molecular complexity index is 817. The van der Waals surface area contributed by atoms with Crippen molar-refractivity contribution in [1.82, 2.24) is 5.32 Å². The number of nitrogens with zero attached hydrogens (tertiary/aromatic N) is 1. The lowest BCUT2D eigenvalue weighted by molar-refractivity contribution is -0.117. The molecule has 0 saturated carbocycles. The van der Waals surface area contributed by atoms with E-state index in [-0.39, 0.29) is 17.5 Å². The summed E-state index contributed by atoms with van der Waals surface area (Å²) in [5.74, 6) is 0.396. The highest BCUT2D eigenvalue weighted by molar-refractivity contribution is 6.01. The van der Waals surface area contributed by atoms with E-state index in [0.29, 0.717) is 6.61 Å². The van der Waals surface area contributed by atoms with Gasteiger partial charge in [-0.15, -0.1) is 0 Å². The van der Waals surface area contributed by atoms with Gasteiger partial charge in [-0.2, -0.15) is 5.26 Å². The molecule has 0 bridgehead atoms. The van der Waals surface area contributed by atoms with Gasteiger partial charge in [-0.25, -0.2) is 0 Å². The Morgan fingerprint density at radius 1 is 1.27 bits per heavy atom. The molecule has 0 heterocycles. The van der Waals surface area contributed by atoms with Gasteiger partial charge in [0.2, 0.25) is 0 Å². The van der Waals surface area contributed by atoms with Crippen molar-refractivity contribution >= 4 is 12.0 Å². The maximum absolute atomic E-state index is 12.1. The van der Waals surface area contributed by atoms with Crippen LogP contribution in [0.4, 0.5) is 0 Å². The van der Waals surface area contributed by atoms with E-state index in [9.17, 15) is 10.1 Å². The minimum Gasteiger partial charge on any atom is -0.489 e. The van der Waals surface area contributed by atoms with Crippen molar-refractivity contribution in [1.29, 1.82) is 5.26 Å². The molecule has 0 unspecified atom stereocenters. The molecule has 26 heavy (non-hydrogen) atoms. The lowest BCUT2D eigenvalue weighted by atomic mass is 10.1. The predicted octanol–water partition coefficient (Wildman–Crippen LogP) is 4.40. The van der Waals surface area contributed by atoms with Crippen molar-refractivity contribution in [2.24, 2.45) is 0 Å². The summed E-state index contributed by atoms with van der Waals surface area (Å²) in [5, 5.41) is 12.0. The number of aryl methyl sites for hydroxylation is 1. The van der Waals surface area contributed by atoms with Crippen LogP contribution in [0.15, 0.2) is 54.1 Å². The number of benzene rings is 2. The minimum absolute atomic E-state index is 0.0386. The van der Waals surface area contributed by atoms with E-state index in [1.54, 1.807) is 6.08 Å². The summed E-state index contributed by atoms with van der Waals surface area (Å²) < 4.78 is 5.78. The fraction of sp³-hybridized carbons (Fsp3) is 0.273. The predicted molar refractivity (Wildman–Crippen MR) is 103 cm³/mol. The minimum atomic E-state index is -0.346. The van der Waals surface area contributed by atoms with Crippen LogP contribution in [0.3, 0.4) is 0 Å². The zero-order valence-corrected chi connectivity index (χ0v) is 15.5. The first-order chi connectivity index (χ1) is 12.5. The Morgan fingerprint density at radius 3 is 2.62 bits per heavy atom. The van der Waals surface area contributed by atoms with E-state index >= 15 is 0 Å². The van der Waals surface area contributed by atoms with Gasteiger partial charge in [-0.05, 0) is 49.6 Å². The molecule has 1 N–H and O–H groups in total. The third-order valence-electron chi connectivity index (χ3n) is 4.03. The molecular weight excluding hydrogens is 324 g/mol. The summed E-state index contributed by atoms with van der Waals surface area (Å²) in [6.07, 6.45) is 2.40. The summed E-state index contributed by atoms with van der Waals surface area (Å²) >= 11 is 0. The van der Waals surface area contributed by atoms with Crippen LogP contribution in [0.2, 0.25) is 0 Å². The molecule has 0 radical (unpaired) electrons. The van der Waals surface area contributed by atoms with Gasteiger partial charge in [-0.3, -0.25) is 4.79 Å². The molecule has 0 aliphatic carbocycles. The highest BCUT2D eigenvalue weighted by atomic mass is 16.5. The molecule has 1 atom stereocenters. The van der Waals surface area contributed by atoms with Gasteiger partial charge in [0, 0.05) is 6.04 Å². The highest BCUT2D eigenvalue weighted by Gasteiger charge is 2.11. The molecule has 0 aromatic heterocycles. The van der Waals surface area contributed by atoms with Crippen LogP contribution in [0.25, 0.3) is 6.08 Å². The second-order valence-electron chi connectivity index (χ2n) is 6.30. The van der Waals surface area contributed by atoms with Crippen molar-refractivity contribution in [3.63, 3.8) is 0 Å². The molecule has 1 amide bonds. The molecule has 134 valence electrons. The topological polar surface area (TPSA) is 62.1 Å². The summed E-state index contributed by atoms with van der Waals surface area (Å²) in [6.45, 7) is 6.44. The van der Waals surface area contributed by atoms with Crippen molar-refractivity contribution in [3.8, 4) is 11.8 Å². The largest absolute Gasteiger partial charge is 0.489 e. The number of nitrogens with one attached hydrogen (secondary N) is 1. The van der Waals surface area contributed by atoms with E-state index in [1.807, 2.05) is 56.3 Å². The van der Waals surface area contributed by atoms with E-state index in [4.69, 9.17) is 4.74 Å². The molecule has 0 spiro atoms. The van der Waals surface area contributed by atoms with Crippen molar-refractivity contribution in [2.75, 3.05) is 0 Å². The summed E-state index contributed by atoms with van der Waals surface area (Å²) in [4.78, 5) is 12.1. The van der Waals surface area contributed by atoms with Gasteiger partial charge in [0.25, 0.3) is 5.91 Å². The first kappa shape index (κ1) is 19.3. The third kappa shape index (κ3) is 5.78. The molecule has 0 fully saturated rings. The number of hydrogen-bond donors (Lipinski definition) is 1. The lowest BCUT2D eigenvalue weighted by Crippen LogP contribution is -2.32. The number of rotatable bonds is 7. The molecule has 4 heteroatoms. The van der Waals surface area contributed by atoms with Crippen LogP contribution >= 0.6 is 0 Å². The second kappa shape index (κ2) is 9.43. The average molecular weight is 348 g/mol. The van der Waals surface area contributed by atoms with Crippen LogP contribution in [0.5, 0.6) is 5.75 Å². The van der Waals surface area contributed by atoms with Crippen LogP contribution in [0.1, 0.15) is 37.0 Å². The molecule has 4 nitrogen and oxygen atoms in total. The van der Waals surface area contributed by atoms with Gasteiger partial charge < -0.3 is 10.1 Å². The maximum atomic E-state index is 12.1. The smallest absolute Gasteiger partial charge is 0.262 e. The van der Waals surface area contributed by atoms with Gasteiger partial charge in [0.15, 0.2) is 0 Å². The Hall–Kier alpha value is -3.06. The van der Waals surface area contributed by atoms with Crippen LogP contribution < -0.4 is 10.1 Å². The fourth-order valence-electron chi connectivity index (χ4n) is 2.35. The Labute approximate surface area is 155 Å². The highest BCUT2D eigenvalue weighted by Crippen LogP contribution is 2.16. The van der Waals surface area contributed by atoms with Gasteiger partial charge in [-0.1, -0.05) is 48.9 Å². The fourth-order valence-corrected chi connectivity index (χ4v) is 2.35. The molecule has 2 rings (SSSR count). The van der Waals surface area contributed by atoms with E-state index in [2.05, 4.69) is 24.4 Å². The van der Waals surface area contributed by atoms with Crippen molar-refractivity contribution < 1.29 is 9.53 Å². The number of hydrogen-bond acceptors (Lipinski definition) is 3. The molecule has 0 aliphatic heterocycles. The van der Waals surface area contributed by atoms with Crippen molar-refractivity contribution in [2.45, 2.75) is 39.8 Å². The Balaban J connectivity index is 2.01. The van der Waals surface area contributed by atoms with Gasteiger partial charge >= 0.3 is 0 Å². The van der Waals surface area contributed by atoms with E-state index in [0.717, 1.165) is 23.3 Å². The zero-order valence-electron chi connectivity index (χ0n) is 15.5. The lowest BCUT2D eigenvalue weighted by Gasteiger charge is -2.10. The zero-order chi connectivity index (χ0) is 18.9. The first-order valence-electron chi connectivity index (χ1n) is 8.73. The number of carbonyl (C=O) groups excluding carboxylic acids is 1. The number of amides is 1. The number of ether oxygens (including phenoxy) is 1. The first-order valence-corrected chi connectivity index (χ1v) is 8.73. The van der Waals surface area contributed by atoms with E-state index in [1.165, 1.54) is 5.56 Å². The molecular formula is C22H24N2O2. The average Bonchev–Trinajstić information content (AvgIpc) is 2.65. The van der Waals surface area contributed by atoms with Crippen LogP contribution in [-0.2, 0) is 11.4 Å². The van der Waals surface area contributed by atoms with Gasteiger partial charge in [0.05, 0.1) is 0 Å². The summed E-state index contributed by atoms with van der Waals surface area (Å²) in [7, 11) is 0. The van der Waals surface area contributed by atoms with E-state index < -0.39 is 0 Å². The molecule has 2 aromatic carbocycles. The quantitative estimate of drug-likeness (QED) is 0.596. The second-order valence-corrected chi connectivity index (χ2v) is 6.30. The molecule has 0 aliphatic rings. The summed E-state index contributed by atoms with van der Waals surface area (Å²) in [5.41, 5.74) is 3.19. The normalized spacial score (nSPS) is 12.2.